The standard InChI is InChI=1S/C24H33N3O4S2/c1-9-27(10-2)21(28)19-14(3)18(22(29)31-8)20(33-19)26-23(32)25-16-13-15(24(4,5)6)11-12-17(16)30-7/h11-13H,9-10H2,1-8H3,(H2,25,26,32). The first-order valence-electron chi connectivity index (χ1n) is 10.8. The van der Waals surface area contributed by atoms with Gasteiger partial charge in [-0.2, -0.15) is 0 Å². The third-order valence-corrected chi connectivity index (χ3v) is 6.72. The fraction of sp³-hybridized carbons (Fsp3) is 0.458. The molecule has 180 valence electrons. The molecular formula is C24H33N3O4S2. The maximum atomic E-state index is 13.0. The molecule has 0 radical (unpaired) electrons. The number of hydrogen-bond acceptors (Lipinski definition) is 6. The van der Waals surface area contributed by atoms with E-state index < -0.39 is 5.97 Å². The molecule has 7 nitrogen and oxygen atoms in total. The molecule has 1 amide bonds. The second kappa shape index (κ2) is 11.0. The number of carbonyl (C=O) groups excluding carboxylic acids is 2. The van der Waals surface area contributed by atoms with Gasteiger partial charge >= 0.3 is 5.97 Å². The summed E-state index contributed by atoms with van der Waals surface area (Å²) in [7, 11) is 2.91. The number of esters is 1. The van der Waals surface area contributed by atoms with E-state index in [9.17, 15) is 9.59 Å². The van der Waals surface area contributed by atoms with Crippen LogP contribution < -0.4 is 15.4 Å². The van der Waals surface area contributed by atoms with Gasteiger partial charge in [0, 0.05) is 13.1 Å². The van der Waals surface area contributed by atoms with Gasteiger partial charge in [0.2, 0.25) is 0 Å². The number of ether oxygens (including phenoxy) is 2. The van der Waals surface area contributed by atoms with E-state index in [2.05, 4.69) is 31.4 Å². The highest BCUT2D eigenvalue weighted by molar-refractivity contribution is 7.80. The number of benzene rings is 1. The molecule has 0 aliphatic heterocycles. The van der Waals surface area contributed by atoms with Crippen molar-refractivity contribution in [2.45, 2.75) is 47.0 Å². The van der Waals surface area contributed by atoms with Gasteiger partial charge in [0.25, 0.3) is 5.91 Å². The minimum absolute atomic E-state index is 0.0552. The minimum atomic E-state index is -0.528. The summed E-state index contributed by atoms with van der Waals surface area (Å²) >= 11 is 6.73. The number of nitrogens with one attached hydrogen (secondary N) is 2. The summed E-state index contributed by atoms with van der Waals surface area (Å²) in [6, 6.07) is 5.90. The maximum absolute atomic E-state index is 13.0. The van der Waals surface area contributed by atoms with Crippen molar-refractivity contribution in [1.82, 2.24) is 4.90 Å². The van der Waals surface area contributed by atoms with Crippen LogP contribution in [0.3, 0.4) is 0 Å². The Morgan fingerprint density at radius 3 is 2.27 bits per heavy atom. The van der Waals surface area contributed by atoms with E-state index >= 15 is 0 Å². The predicted molar refractivity (Wildman–Crippen MR) is 139 cm³/mol. The Morgan fingerprint density at radius 1 is 1.12 bits per heavy atom. The number of rotatable bonds is 7. The molecule has 2 aromatic rings. The molecule has 1 aromatic heterocycles. The van der Waals surface area contributed by atoms with Crippen LogP contribution in [0.5, 0.6) is 5.75 Å². The van der Waals surface area contributed by atoms with Crippen LogP contribution in [0.4, 0.5) is 10.7 Å². The number of methoxy groups -OCH3 is 2. The van der Waals surface area contributed by atoms with E-state index in [1.54, 1.807) is 18.9 Å². The Balaban J connectivity index is 2.40. The molecule has 0 unspecified atom stereocenters. The number of anilines is 2. The van der Waals surface area contributed by atoms with Crippen molar-refractivity contribution in [2.75, 3.05) is 37.9 Å². The summed E-state index contributed by atoms with van der Waals surface area (Å²) in [5.41, 5.74) is 2.64. The Kier molecular flexibility index (Phi) is 8.85. The second-order valence-corrected chi connectivity index (χ2v) is 9.90. The molecule has 2 N–H and O–H groups in total. The monoisotopic (exact) mass is 491 g/mol. The third-order valence-electron chi connectivity index (χ3n) is 5.32. The van der Waals surface area contributed by atoms with E-state index in [0.29, 0.717) is 45.5 Å². The zero-order valence-corrected chi connectivity index (χ0v) is 22.2. The molecule has 0 aliphatic carbocycles. The van der Waals surface area contributed by atoms with E-state index in [0.717, 1.165) is 5.56 Å². The number of thiophene rings is 1. The van der Waals surface area contributed by atoms with Crippen molar-refractivity contribution < 1.29 is 19.1 Å². The van der Waals surface area contributed by atoms with Crippen LogP contribution in [0.2, 0.25) is 0 Å². The average Bonchev–Trinajstić information content (AvgIpc) is 3.08. The quantitative estimate of drug-likeness (QED) is 0.394. The summed E-state index contributed by atoms with van der Waals surface area (Å²) in [5.74, 6) is -0.0146. The van der Waals surface area contributed by atoms with Gasteiger partial charge < -0.3 is 25.0 Å². The molecule has 0 aliphatic rings. The number of nitrogens with zero attached hydrogens (tertiary/aromatic N) is 1. The lowest BCUT2D eigenvalue weighted by molar-refractivity contribution is 0.0601. The molecule has 2 rings (SSSR count). The van der Waals surface area contributed by atoms with Gasteiger partial charge in [0.1, 0.15) is 10.8 Å². The SMILES string of the molecule is CCN(CC)C(=O)c1sc(NC(=S)Nc2cc(C(C)(C)C)ccc2OC)c(C(=O)OC)c1C. The Labute approximate surface area is 205 Å². The highest BCUT2D eigenvalue weighted by atomic mass is 32.1. The molecule has 0 spiro atoms. The first-order valence-corrected chi connectivity index (χ1v) is 12.0. The van der Waals surface area contributed by atoms with Crippen molar-refractivity contribution >= 4 is 51.2 Å². The van der Waals surface area contributed by atoms with Crippen LogP contribution in [-0.2, 0) is 10.2 Å². The molecule has 1 heterocycles. The van der Waals surface area contributed by atoms with Crippen LogP contribution >= 0.6 is 23.6 Å². The second-order valence-electron chi connectivity index (χ2n) is 8.47. The van der Waals surface area contributed by atoms with Crippen LogP contribution in [0.15, 0.2) is 18.2 Å². The zero-order chi connectivity index (χ0) is 24.9. The lowest BCUT2D eigenvalue weighted by atomic mass is 9.87. The lowest BCUT2D eigenvalue weighted by Crippen LogP contribution is -2.30. The number of amides is 1. The molecule has 0 saturated carbocycles. The summed E-state index contributed by atoms with van der Waals surface area (Å²) in [6.07, 6.45) is 0. The van der Waals surface area contributed by atoms with Crippen LogP contribution in [-0.4, -0.2) is 49.2 Å². The minimum Gasteiger partial charge on any atom is -0.495 e. The van der Waals surface area contributed by atoms with Gasteiger partial charge in [-0.3, -0.25) is 4.79 Å². The highest BCUT2D eigenvalue weighted by Gasteiger charge is 2.27. The normalized spacial score (nSPS) is 11.0. The van der Waals surface area contributed by atoms with E-state index in [1.165, 1.54) is 18.4 Å². The molecule has 0 fully saturated rings. The first kappa shape index (κ1) is 26.6. The molecule has 9 heteroatoms. The fourth-order valence-corrected chi connectivity index (χ4v) is 4.78. The smallest absolute Gasteiger partial charge is 0.341 e. The number of carbonyl (C=O) groups is 2. The van der Waals surface area contributed by atoms with Crippen LogP contribution in [0.1, 0.15) is 65.8 Å². The molecule has 0 saturated heterocycles. The predicted octanol–water partition coefficient (Wildman–Crippen LogP) is 5.44. The number of thiocarbonyl (C=S) groups is 1. The topological polar surface area (TPSA) is 79.9 Å². The average molecular weight is 492 g/mol. The Morgan fingerprint density at radius 2 is 1.76 bits per heavy atom. The molecule has 0 bridgehead atoms. The number of hydrogen-bond donors (Lipinski definition) is 2. The fourth-order valence-electron chi connectivity index (χ4n) is 3.34. The molecule has 0 atom stereocenters. The van der Waals surface area contributed by atoms with Crippen molar-refractivity contribution in [3.63, 3.8) is 0 Å². The van der Waals surface area contributed by atoms with Gasteiger partial charge in [-0.15, -0.1) is 11.3 Å². The van der Waals surface area contributed by atoms with Crippen molar-refractivity contribution in [2.24, 2.45) is 0 Å². The van der Waals surface area contributed by atoms with Crippen LogP contribution in [0, 0.1) is 6.92 Å². The van der Waals surface area contributed by atoms with Crippen molar-refractivity contribution in [3.05, 3.63) is 39.8 Å². The zero-order valence-electron chi connectivity index (χ0n) is 20.5. The van der Waals surface area contributed by atoms with E-state index in [1.807, 2.05) is 32.0 Å². The lowest BCUT2D eigenvalue weighted by Gasteiger charge is -2.21. The van der Waals surface area contributed by atoms with Gasteiger partial charge in [0.05, 0.1) is 30.3 Å². The van der Waals surface area contributed by atoms with E-state index in [4.69, 9.17) is 21.7 Å². The van der Waals surface area contributed by atoms with Gasteiger partial charge in [-0.05, 0) is 61.7 Å². The summed E-state index contributed by atoms with van der Waals surface area (Å²) in [4.78, 5) is 27.7. The van der Waals surface area contributed by atoms with Gasteiger partial charge in [-0.25, -0.2) is 4.79 Å². The largest absolute Gasteiger partial charge is 0.495 e. The first-order chi connectivity index (χ1) is 15.5. The molecule has 1 aromatic carbocycles. The third kappa shape index (κ3) is 6.03. The van der Waals surface area contributed by atoms with E-state index in [-0.39, 0.29) is 16.4 Å². The summed E-state index contributed by atoms with van der Waals surface area (Å²) < 4.78 is 10.5. The summed E-state index contributed by atoms with van der Waals surface area (Å²) in [5, 5.41) is 6.98. The van der Waals surface area contributed by atoms with Gasteiger partial charge in [0.15, 0.2) is 5.11 Å². The maximum Gasteiger partial charge on any atom is 0.341 e. The van der Waals surface area contributed by atoms with Crippen molar-refractivity contribution in [3.8, 4) is 5.75 Å². The summed E-state index contributed by atoms with van der Waals surface area (Å²) in [6.45, 7) is 13.1. The van der Waals surface area contributed by atoms with Gasteiger partial charge in [-0.1, -0.05) is 26.8 Å². The van der Waals surface area contributed by atoms with Crippen molar-refractivity contribution in [1.29, 1.82) is 0 Å². The Hall–Kier alpha value is -2.65. The highest BCUT2D eigenvalue weighted by Crippen LogP contribution is 2.35. The molecule has 33 heavy (non-hydrogen) atoms. The van der Waals surface area contributed by atoms with Crippen LogP contribution in [0.25, 0.3) is 0 Å². The molecular weight excluding hydrogens is 458 g/mol. The Bertz CT molecular complexity index is 1040.